The summed E-state index contributed by atoms with van der Waals surface area (Å²) in [7, 11) is 0. The predicted molar refractivity (Wildman–Crippen MR) is 74.2 cm³/mol. The van der Waals surface area contributed by atoms with E-state index in [1.54, 1.807) is 6.26 Å². The number of nitrogens with one attached hydrogen (secondary N) is 1. The quantitative estimate of drug-likeness (QED) is 0.936. The molecule has 1 N–H and O–H groups in total. The first-order valence-corrected chi connectivity index (χ1v) is 6.90. The molecule has 0 spiro atoms. The molecule has 4 nitrogen and oxygen atoms in total. The molecule has 18 heavy (non-hydrogen) atoms. The number of hydrogen-bond donors (Lipinski definition) is 1. The highest BCUT2D eigenvalue weighted by Gasteiger charge is 2.14. The van der Waals surface area contributed by atoms with Crippen molar-refractivity contribution >= 4 is 40.0 Å². The Bertz CT molecular complexity index is 584. The number of hydrogen-bond acceptors (Lipinski definition) is 5. The molecule has 0 saturated heterocycles. The van der Waals surface area contributed by atoms with Gasteiger partial charge < -0.3 is 10.1 Å². The Hall–Kier alpha value is -1.33. The molecule has 2 aromatic rings. The lowest BCUT2D eigenvalue weighted by Crippen LogP contribution is -2.23. The number of allylic oxidation sites excluding steroid dienone is 1. The van der Waals surface area contributed by atoms with Gasteiger partial charge >= 0.3 is 0 Å². The van der Waals surface area contributed by atoms with Crippen LogP contribution in [0.5, 0.6) is 0 Å². The first-order chi connectivity index (χ1) is 8.84. The van der Waals surface area contributed by atoms with Crippen LogP contribution >= 0.6 is 23.3 Å². The van der Waals surface area contributed by atoms with Crippen molar-refractivity contribution < 1.29 is 4.74 Å². The summed E-state index contributed by atoms with van der Waals surface area (Å²) in [5, 5.41) is 3.99. The van der Waals surface area contributed by atoms with Crippen molar-refractivity contribution in [1.29, 1.82) is 0 Å². The Morgan fingerprint density at radius 1 is 1.44 bits per heavy atom. The zero-order valence-electron chi connectivity index (χ0n) is 9.60. The number of halogens is 1. The number of benzene rings is 1. The van der Waals surface area contributed by atoms with Gasteiger partial charge in [-0.25, -0.2) is 0 Å². The maximum absolute atomic E-state index is 6.20. The number of ether oxygens (including phenoxy) is 1. The van der Waals surface area contributed by atoms with Crippen LogP contribution in [0.4, 0.5) is 5.69 Å². The van der Waals surface area contributed by atoms with Crippen LogP contribution in [0, 0.1) is 0 Å². The standard InChI is InChI=1S/C12H12ClN3OS/c13-9-4-5-10-12(16-18-15-10)11(9)14-7-8-3-1-2-6-17-8/h2,4-6,8,14H,1,3,7H2. The van der Waals surface area contributed by atoms with E-state index in [1.165, 1.54) is 11.7 Å². The summed E-state index contributed by atoms with van der Waals surface area (Å²) in [6.45, 7) is 0.723. The van der Waals surface area contributed by atoms with E-state index in [1.807, 2.05) is 18.2 Å². The van der Waals surface area contributed by atoms with Gasteiger partial charge in [-0.05, 0) is 31.1 Å². The van der Waals surface area contributed by atoms with Crippen LogP contribution in [-0.4, -0.2) is 21.4 Å². The van der Waals surface area contributed by atoms with Crippen LogP contribution < -0.4 is 5.32 Å². The molecule has 0 fully saturated rings. The second-order valence-corrected chi connectivity index (χ2v) is 5.08. The topological polar surface area (TPSA) is 47.0 Å². The number of anilines is 1. The number of nitrogens with zero attached hydrogens (tertiary/aromatic N) is 2. The third-order valence-corrected chi connectivity index (χ3v) is 3.76. The van der Waals surface area contributed by atoms with Gasteiger partial charge in [0, 0.05) is 0 Å². The Morgan fingerprint density at radius 2 is 2.39 bits per heavy atom. The molecule has 3 rings (SSSR count). The monoisotopic (exact) mass is 281 g/mol. The van der Waals surface area contributed by atoms with Crippen molar-refractivity contribution in [3.8, 4) is 0 Å². The molecule has 1 aliphatic heterocycles. The fraction of sp³-hybridized carbons (Fsp3) is 0.333. The van der Waals surface area contributed by atoms with E-state index in [4.69, 9.17) is 16.3 Å². The molecule has 1 atom stereocenters. The highest BCUT2D eigenvalue weighted by Crippen LogP contribution is 2.30. The first kappa shape index (κ1) is 11.7. The molecule has 0 amide bonds. The van der Waals surface area contributed by atoms with Crippen LogP contribution in [0.1, 0.15) is 12.8 Å². The highest BCUT2D eigenvalue weighted by molar-refractivity contribution is 7.00. The van der Waals surface area contributed by atoms with E-state index in [0.717, 1.165) is 36.1 Å². The number of fused-ring (bicyclic) bond motifs is 1. The number of aromatic nitrogens is 2. The molecule has 0 bridgehead atoms. The Labute approximate surface area is 114 Å². The zero-order valence-corrected chi connectivity index (χ0v) is 11.2. The summed E-state index contributed by atoms with van der Waals surface area (Å²) >= 11 is 7.39. The SMILES string of the molecule is Clc1ccc2nsnc2c1NCC1CCC=CO1. The first-order valence-electron chi connectivity index (χ1n) is 5.80. The normalized spacial score (nSPS) is 18.8. The molecule has 0 aliphatic carbocycles. The van der Waals surface area contributed by atoms with Crippen molar-refractivity contribution in [2.75, 3.05) is 11.9 Å². The second kappa shape index (κ2) is 5.12. The molecular formula is C12H12ClN3OS. The lowest BCUT2D eigenvalue weighted by atomic mass is 10.1. The van der Waals surface area contributed by atoms with E-state index in [-0.39, 0.29) is 6.10 Å². The molecule has 1 unspecified atom stereocenters. The minimum absolute atomic E-state index is 0.188. The van der Waals surface area contributed by atoms with E-state index in [2.05, 4.69) is 14.1 Å². The molecule has 2 heterocycles. The fourth-order valence-electron chi connectivity index (χ4n) is 1.95. The van der Waals surface area contributed by atoms with Gasteiger partial charge in [0.2, 0.25) is 0 Å². The minimum Gasteiger partial charge on any atom is -0.497 e. The summed E-state index contributed by atoms with van der Waals surface area (Å²) in [5.41, 5.74) is 2.55. The molecule has 0 radical (unpaired) electrons. The van der Waals surface area contributed by atoms with E-state index >= 15 is 0 Å². The summed E-state index contributed by atoms with van der Waals surface area (Å²) in [6, 6.07) is 3.72. The van der Waals surface area contributed by atoms with Crippen LogP contribution in [0.3, 0.4) is 0 Å². The van der Waals surface area contributed by atoms with Gasteiger partial charge in [0.05, 0.1) is 35.2 Å². The Balaban J connectivity index is 1.79. The van der Waals surface area contributed by atoms with Crippen molar-refractivity contribution in [3.05, 3.63) is 29.5 Å². The van der Waals surface area contributed by atoms with Gasteiger partial charge in [-0.1, -0.05) is 11.6 Å². The third-order valence-electron chi connectivity index (χ3n) is 2.91. The maximum Gasteiger partial charge on any atom is 0.129 e. The van der Waals surface area contributed by atoms with Crippen LogP contribution in [0.2, 0.25) is 5.02 Å². The van der Waals surface area contributed by atoms with Crippen molar-refractivity contribution in [2.24, 2.45) is 0 Å². The van der Waals surface area contributed by atoms with E-state index < -0.39 is 0 Å². The molecule has 1 aliphatic rings. The molecular weight excluding hydrogens is 270 g/mol. The van der Waals surface area contributed by atoms with E-state index in [9.17, 15) is 0 Å². The van der Waals surface area contributed by atoms with Crippen molar-refractivity contribution in [3.63, 3.8) is 0 Å². The largest absolute Gasteiger partial charge is 0.497 e. The second-order valence-electron chi connectivity index (χ2n) is 4.14. The Morgan fingerprint density at radius 3 is 3.22 bits per heavy atom. The Kier molecular flexibility index (Phi) is 3.34. The summed E-state index contributed by atoms with van der Waals surface area (Å²) in [5.74, 6) is 0. The molecule has 0 saturated carbocycles. The maximum atomic E-state index is 6.20. The van der Waals surface area contributed by atoms with Gasteiger partial charge in [0.1, 0.15) is 17.1 Å². The van der Waals surface area contributed by atoms with Crippen molar-refractivity contribution in [1.82, 2.24) is 8.75 Å². The number of rotatable bonds is 3. The predicted octanol–water partition coefficient (Wildman–Crippen LogP) is 3.45. The lowest BCUT2D eigenvalue weighted by molar-refractivity contribution is 0.135. The summed E-state index contributed by atoms with van der Waals surface area (Å²) in [6.07, 6.45) is 6.07. The average Bonchev–Trinajstić information content (AvgIpc) is 2.87. The fourth-order valence-corrected chi connectivity index (χ4v) is 2.71. The van der Waals surface area contributed by atoms with Crippen LogP contribution in [0.15, 0.2) is 24.5 Å². The zero-order chi connectivity index (χ0) is 12.4. The van der Waals surface area contributed by atoms with Gasteiger partial charge in [-0.15, -0.1) is 0 Å². The van der Waals surface area contributed by atoms with Crippen LogP contribution in [-0.2, 0) is 4.74 Å². The van der Waals surface area contributed by atoms with Gasteiger partial charge in [-0.2, -0.15) is 8.75 Å². The van der Waals surface area contributed by atoms with Crippen LogP contribution in [0.25, 0.3) is 11.0 Å². The summed E-state index contributed by atoms with van der Waals surface area (Å²) < 4.78 is 14.0. The highest BCUT2D eigenvalue weighted by atomic mass is 35.5. The molecule has 1 aromatic carbocycles. The molecule has 1 aromatic heterocycles. The third kappa shape index (κ3) is 2.28. The van der Waals surface area contributed by atoms with E-state index in [0.29, 0.717) is 5.02 Å². The smallest absolute Gasteiger partial charge is 0.129 e. The summed E-state index contributed by atoms with van der Waals surface area (Å²) in [4.78, 5) is 0. The minimum atomic E-state index is 0.188. The van der Waals surface area contributed by atoms with Gasteiger partial charge in [0.15, 0.2) is 0 Å². The van der Waals surface area contributed by atoms with Crippen molar-refractivity contribution in [2.45, 2.75) is 18.9 Å². The lowest BCUT2D eigenvalue weighted by Gasteiger charge is -2.20. The van der Waals surface area contributed by atoms with Gasteiger partial charge in [-0.3, -0.25) is 0 Å². The molecule has 6 heteroatoms. The molecule has 94 valence electrons. The van der Waals surface area contributed by atoms with Gasteiger partial charge in [0.25, 0.3) is 0 Å². The average molecular weight is 282 g/mol.